The van der Waals surface area contributed by atoms with Crippen LogP contribution >= 0.6 is 11.3 Å². The average molecular weight is 349 g/mol. The molecule has 0 spiro atoms. The van der Waals surface area contributed by atoms with Crippen LogP contribution in [0.3, 0.4) is 0 Å². The molecule has 3 N–H and O–H groups in total. The largest absolute Gasteiger partial charge is 0.353 e. The van der Waals surface area contributed by atoms with E-state index in [2.05, 4.69) is 25.7 Å². The smallest absolute Gasteiger partial charge is 0.206 e. The molecule has 25 heavy (non-hydrogen) atoms. The molecular weight excluding hydrogens is 334 g/mol. The summed E-state index contributed by atoms with van der Waals surface area (Å²) in [6, 6.07) is 19.7. The molecule has 0 aliphatic rings. The zero-order chi connectivity index (χ0) is 17.1. The summed E-state index contributed by atoms with van der Waals surface area (Å²) < 4.78 is 1.49. The standard InChI is InChI=1S/C17H15N7S/c18-24-14(20-21-15(24)12-7-3-1-4-8-12)11-19-17-23-22-16(25-17)13-9-5-2-6-10-13/h1-10H,11,18H2,(H,19,23). The molecular formula is C17H15N7S. The Morgan fingerprint density at radius 3 is 2.24 bits per heavy atom. The van der Waals surface area contributed by atoms with Gasteiger partial charge in [0.15, 0.2) is 11.6 Å². The van der Waals surface area contributed by atoms with Gasteiger partial charge in [0.05, 0.1) is 6.54 Å². The quantitative estimate of drug-likeness (QED) is 0.538. The van der Waals surface area contributed by atoms with Crippen LogP contribution in [-0.4, -0.2) is 25.1 Å². The second-order valence-electron chi connectivity index (χ2n) is 5.31. The first kappa shape index (κ1) is 15.3. The number of benzene rings is 2. The maximum Gasteiger partial charge on any atom is 0.206 e. The fraction of sp³-hybridized carbons (Fsp3) is 0.0588. The highest BCUT2D eigenvalue weighted by Gasteiger charge is 2.12. The van der Waals surface area contributed by atoms with Crippen molar-refractivity contribution in [2.45, 2.75) is 6.54 Å². The molecule has 2 heterocycles. The van der Waals surface area contributed by atoms with Gasteiger partial charge in [-0.3, -0.25) is 0 Å². The molecule has 0 fully saturated rings. The van der Waals surface area contributed by atoms with E-state index < -0.39 is 0 Å². The van der Waals surface area contributed by atoms with E-state index in [0.29, 0.717) is 23.3 Å². The van der Waals surface area contributed by atoms with Gasteiger partial charge in [-0.15, -0.1) is 20.4 Å². The number of rotatable bonds is 5. The van der Waals surface area contributed by atoms with Crippen LogP contribution in [0.2, 0.25) is 0 Å². The number of nitrogens with zero attached hydrogens (tertiary/aromatic N) is 5. The Labute approximate surface area is 148 Å². The number of hydrogen-bond donors (Lipinski definition) is 2. The molecule has 2 aromatic heterocycles. The lowest BCUT2D eigenvalue weighted by molar-refractivity contribution is 0.861. The normalized spacial score (nSPS) is 10.7. The summed E-state index contributed by atoms with van der Waals surface area (Å²) in [4.78, 5) is 0. The third-order valence-corrected chi connectivity index (χ3v) is 4.57. The maximum absolute atomic E-state index is 6.11. The fourth-order valence-electron chi connectivity index (χ4n) is 2.37. The summed E-state index contributed by atoms with van der Waals surface area (Å²) in [5.41, 5.74) is 1.97. The summed E-state index contributed by atoms with van der Waals surface area (Å²) in [7, 11) is 0. The van der Waals surface area contributed by atoms with Crippen LogP contribution in [0, 0.1) is 0 Å². The van der Waals surface area contributed by atoms with Gasteiger partial charge in [-0.05, 0) is 0 Å². The Bertz CT molecular complexity index is 963. The van der Waals surface area contributed by atoms with E-state index in [9.17, 15) is 0 Å². The minimum absolute atomic E-state index is 0.416. The van der Waals surface area contributed by atoms with Gasteiger partial charge in [-0.2, -0.15) is 0 Å². The molecule has 7 nitrogen and oxygen atoms in total. The number of aromatic nitrogens is 5. The predicted octanol–water partition coefficient (Wildman–Crippen LogP) is 2.79. The summed E-state index contributed by atoms with van der Waals surface area (Å²) in [6.07, 6.45) is 0. The van der Waals surface area contributed by atoms with Crippen LogP contribution < -0.4 is 11.2 Å². The van der Waals surface area contributed by atoms with Crippen molar-refractivity contribution < 1.29 is 0 Å². The Hall–Kier alpha value is -3.26. The second-order valence-corrected chi connectivity index (χ2v) is 6.29. The molecule has 8 heteroatoms. The van der Waals surface area contributed by atoms with Crippen molar-refractivity contribution >= 4 is 16.5 Å². The monoisotopic (exact) mass is 349 g/mol. The van der Waals surface area contributed by atoms with E-state index in [-0.39, 0.29) is 0 Å². The van der Waals surface area contributed by atoms with E-state index >= 15 is 0 Å². The number of anilines is 1. The van der Waals surface area contributed by atoms with Crippen LogP contribution in [-0.2, 0) is 6.54 Å². The topological polar surface area (TPSA) is 94.5 Å². The minimum Gasteiger partial charge on any atom is -0.353 e. The van der Waals surface area contributed by atoms with Crippen molar-refractivity contribution in [2.24, 2.45) is 0 Å². The molecule has 0 saturated carbocycles. The van der Waals surface area contributed by atoms with Crippen LogP contribution in [0.15, 0.2) is 60.7 Å². The van der Waals surface area contributed by atoms with Crippen molar-refractivity contribution in [3.05, 3.63) is 66.5 Å². The zero-order valence-corrected chi connectivity index (χ0v) is 14.0. The van der Waals surface area contributed by atoms with Gasteiger partial charge in [0.25, 0.3) is 0 Å². The number of nitrogens with one attached hydrogen (secondary N) is 1. The Kier molecular flexibility index (Phi) is 4.09. The summed E-state index contributed by atoms with van der Waals surface area (Å²) in [6.45, 7) is 0.416. The first-order valence-corrected chi connectivity index (χ1v) is 8.50. The maximum atomic E-state index is 6.11. The molecule has 0 radical (unpaired) electrons. The molecule has 0 atom stereocenters. The molecule has 0 amide bonds. The Morgan fingerprint density at radius 1 is 0.840 bits per heavy atom. The van der Waals surface area contributed by atoms with E-state index in [1.54, 1.807) is 0 Å². The molecule has 4 rings (SSSR count). The van der Waals surface area contributed by atoms with Crippen molar-refractivity contribution in [2.75, 3.05) is 11.2 Å². The van der Waals surface area contributed by atoms with Crippen molar-refractivity contribution in [3.8, 4) is 22.0 Å². The van der Waals surface area contributed by atoms with Gasteiger partial charge in [0.1, 0.15) is 5.01 Å². The summed E-state index contributed by atoms with van der Waals surface area (Å²) in [5.74, 6) is 7.36. The predicted molar refractivity (Wildman–Crippen MR) is 98.3 cm³/mol. The molecule has 0 unspecified atom stereocenters. The number of hydrogen-bond acceptors (Lipinski definition) is 7. The Morgan fingerprint density at radius 2 is 1.52 bits per heavy atom. The van der Waals surface area contributed by atoms with Gasteiger partial charge in [-0.25, -0.2) is 4.68 Å². The first-order valence-electron chi connectivity index (χ1n) is 7.69. The lowest BCUT2D eigenvalue weighted by Gasteiger charge is -2.04. The lowest BCUT2D eigenvalue weighted by atomic mass is 10.2. The molecule has 2 aromatic carbocycles. The Balaban J connectivity index is 1.48. The third kappa shape index (κ3) is 3.20. The average Bonchev–Trinajstić information content (AvgIpc) is 3.28. The highest BCUT2D eigenvalue weighted by atomic mass is 32.1. The van der Waals surface area contributed by atoms with Gasteiger partial charge in [-0.1, -0.05) is 72.0 Å². The fourth-order valence-corrected chi connectivity index (χ4v) is 3.12. The molecule has 124 valence electrons. The molecule has 0 aliphatic carbocycles. The number of nitrogens with two attached hydrogens (primary N) is 1. The highest BCUT2D eigenvalue weighted by molar-refractivity contribution is 7.18. The highest BCUT2D eigenvalue weighted by Crippen LogP contribution is 2.26. The van der Waals surface area contributed by atoms with Crippen LogP contribution in [0.4, 0.5) is 5.13 Å². The van der Waals surface area contributed by atoms with E-state index in [1.807, 2.05) is 60.7 Å². The minimum atomic E-state index is 0.416. The van der Waals surface area contributed by atoms with E-state index in [1.165, 1.54) is 16.0 Å². The lowest BCUT2D eigenvalue weighted by Crippen LogP contribution is -2.16. The number of nitrogen functional groups attached to an aromatic ring is 1. The summed E-state index contributed by atoms with van der Waals surface area (Å²) in [5, 5.41) is 21.5. The molecule has 0 saturated heterocycles. The third-order valence-electron chi connectivity index (χ3n) is 3.64. The van der Waals surface area contributed by atoms with Gasteiger partial charge < -0.3 is 11.2 Å². The summed E-state index contributed by atoms with van der Waals surface area (Å²) >= 11 is 1.48. The van der Waals surface area contributed by atoms with Crippen LogP contribution in [0.1, 0.15) is 5.82 Å². The van der Waals surface area contributed by atoms with Crippen molar-refractivity contribution in [1.29, 1.82) is 0 Å². The van der Waals surface area contributed by atoms with Gasteiger partial charge in [0, 0.05) is 11.1 Å². The molecule has 4 aromatic rings. The van der Waals surface area contributed by atoms with Crippen LogP contribution in [0.25, 0.3) is 22.0 Å². The second kappa shape index (κ2) is 6.70. The zero-order valence-electron chi connectivity index (χ0n) is 13.2. The van der Waals surface area contributed by atoms with Gasteiger partial charge in [0.2, 0.25) is 5.13 Å². The van der Waals surface area contributed by atoms with Gasteiger partial charge >= 0.3 is 0 Å². The van der Waals surface area contributed by atoms with Crippen molar-refractivity contribution in [3.63, 3.8) is 0 Å². The molecule has 0 aliphatic heterocycles. The van der Waals surface area contributed by atoms with Crippen LogP contribution in [0.5, 0.6) is 0 Å². The van der Waals surface area contributed by atoms with Crippen molar-refractivity contribution in [1.82, 2.24) is 25.1 Å². The SMILES string of the molecule is Nn1c(CNc2nnc(-c3ccccc3)s2)nnc1-c1ccccc1. The first-order chi connectivity index (χ1) is 12.3. The van der Waals surface area contributed by atoms with E-state index in [0.717, 1.165) is 16.1 Å². The van der Waals surface area contributed by atoms with E-state index in [4.69, 9.17) is 5.84 Å². The molecule has 0 bridgehead atoms.